The third-order valence-electron chi connectivity index (χ3n) is 4.86. The summed E-state index contributed by atoms with van der Waals surface area (Å²) < 4.78 is 25.7. The van der Waals surface area contributed by atoms with Crippen molar-refractivity contribution in [2.75, 3.05) is 22.8 Å². The van der Waals surface area contributed by atoms with Crippen molar-refractivity contribution in [2.45, 2.75) is 19.9 Å². The van der Waals surface area contributed by atoms with E-state index in [1.54, 1.807) is 17.0 Å². The van der Waals surface area contributed by atoms with Crippen LogP contribution in [0.5, 0.6) is 0 Å². The topological polar surface area (TPSA) is 94.3 Å². The number of aryl methyl sites for hydroxylation is 1. The van der Waals surface area contributed by atoms with Gasteiger partial charge in [0.2, 0.25) is 10.0 Å². The first-order chi connectivity index (χ1) is 13.3. The Morgan fingerprint density at radius 3 is 2.79 bits per heavy atom. The van der Waals surface area contributed by atoms with E-state index in [1.807, 2.05) is 37.3 Å². The zero-order valence-corrected chi connectivity index (χ0v) is 16.6. The molecule has 0 bridgehead atoms. The maximum absolute atomic E-state index is 12.7. The number of carbonyl (C=O) groups excluding carboxylic acids is 1. The molecule has 7 nitrogen and oxygen atoms in total. The van der Waals surface area contributed by atoms with Crippen molar-refractivity contribution in [2.24, 2.45) is 0 Å². The van der Waals surface area contributed by atoms with E-state index in [0.717, 1.165) is 39.7 Å². The van der Waals surface area contributed by atoms with Gasteiger partial charge in [-0.3, -0.25) is 4.72 Å². The average molecular weight is 398 g/mol. The number of aromatic amines is 1. The van der Waals surface area contributed by atoms with Gasteiger partial charge in [-0.2, -0.15) is 0 Å². The van der Waals surface area contributed by atoms with Gasteiger partial charge in [0.25, 0.3) is 0 Å². The number of sulfonamides is 1. The summed E-state index contributed by atoms with van der Waals surface area (Å²) in [5.74, 6) is 0. The molecule has 0 saturated heterocycles. The molecule has 4 rings (SSSR count). The molecular weight excluding hydrogens is 376 g/mol. The molecule has 0 aliphatic carbocycles. The maximum Gasteiger partial charge on any atom is 0.322 e. The molecule has 2 amide bonds. The Hall–Kier alpha value is -3.00. The Labute approximate surface area is 163 Å². The highest BCUT2D eigenvalue weighted by atomic mass is 32.2. The summed E-state index contributed by atoms with van der Waals surface area (Å²) in [5.41, 5.74) is 5.34. The number of nitrogens with one attached hydrogen (secondary N) is 3. The summed E-state index contributed by atoms with van der Waals surface area (Å²) in [6.45, 7) is 2.95. The number of hydrogen-bond acceptors (Lipinski definition) is 3. The second-order valence-corrected chi connectivity index (χ2v) is 8.92. The lowest BCUT2D eigenvalue weighted by Crippen LogP contribution is -2.39. The maximum atomic E-state index is 12.7. The van der Waals surface area contributed by atoms with Crippen LogP contribution in [0.25, 0.3) is 10.9 Å². The number of urea groups is 1. The number of amides is 2. The van der Waals surface area contributed by atoms with Crippen molar-refractivity contribution >= 4 is 38.3 Å². The summed E-state index contributed by atoms with van der Waals surface area (Å²) in [5, 5.41) is 4.01. The van der Waals surface area contributed by atoms with Crippen LogP contribution in [0, 0.1) is 6.92 Å². The summed E-state index contributed by atoms with van der Waals surface area (Å²) in [7, 11) is -3.34. The Kier molecular flexibility index (Phi) is 4.50. The van der Waals surface area contributed by atoms with Gasteiger partial charge in [0.05, 0.1) is 11.9 Å². The second kappa shape index (κ2) is 6.87. The van der Waals surface area contributed by atoms with E-state index in [-0.39, 0.29) is 6.03 Å². The fourth-order valence-electron chi connectivity index (χ4n) is 3.64. The second-order valence-electron chi connectivity index (χ2n) is 7.17. The lowest BCUT2D eigenvalue weighted by Gasteiger charge is -2.30. The zero-order valence-electron chi connectivity index (χ0n) is 15.7. The smallest absolute Gasteiger partial charge is 0.322 e. The van der Waals surface area contributed by atoms with Gasteiger partial charge < -0.3 is 15.2 Å². The van der Waals surface area contributed by atoms with Gasteiger partial charge >= 0.3 is 6.03 Å². The molecule has 3 aromatic rings. The monoisotopic (exact) mass is 398 g/mol. The summed E-state index contributed by atoms with van der Waals surface area (Å²) in [6.07, 6.45) is 1.73. The molecule has 8 heteroatoms. The fourth-order valence-corrected chi connectivity index (χ4v) is 4.23. The molecule has 1 aromatic heterocycles. The van der Waals surface area contributed by atoms with E-state index < -0.39 is 10.0 Å². The van der Waals surface area contributed by atoms with E-state index in [2.05, 4.69) is 15.0 Å². The molecule has 0 fully saturated rings. The normalized spacial score (nSPS) is 14.0. The van der Waals surface area contributed by atoms with Gasteiger partial charge in [-0.25, -0.2) is 13.2 Å². The van der Waals surface area contributed by atoms with Crippen molar-refractivity contribution in [3.8, 4) is 0 Å². The van der Waals surface area contributed by atoms with E-state index in [1.165, 1.54) is 0 Å². The number of fused-ring (bicyclic) bond motifs is 2. The Morgan fingerprint density at radius 2 is 2.00 bits per heavy atom. The first-order valence-electron chi connectivity index (χ1n) is 9.02. The van der Waals surface area contributed by atoms with E-state index in [0.29, 0.717) is 25.2 Å². The Balaban J connectivity index is 1.50. The molecule has 0 unspecified atom stereocenters. The van der Waals surface area contributed by atoms with E-state index in [9.17, 15) is 13.2 Å². The lowest BCUT2D eigenvalue weighted by atomic mass is 9.98. The number of rotatable bonds is 3. The van der Waals surface area contributed by atoms with Crippen molar-refractivity contribution in [1.29, 1.82) is 0 Å². The molecule has 0 atom stereocenters. The molecule has 0 radical (unpaired) electrons. The minimum Gasteiger partial charge on any atom is -0.359 e. The SMILES string of the molecule is Cc1cc2cc(NC(=O)N3CCc4c(cccc4NS(C)(=O)=O)C3)ccc2[nH]1. The van der Waals surface area contributed by atoms with Gasteiger partial charge in [-0.1, -0.05) is 12.1 Å². The predicted octanol–water partition coefficient (Wildman–Crippen LogP) is 3.44. The standard InChI is InChI=1S/C20H22N4O3S/c1-13-10-15-11-16(6-7-18(15)21-13)22-20(25)24-9-8-17-14(12-24)4-3-5-19(17)23-28(2,26)27/h3-7,10-11,21,23H,8-9,12H2,1-2H3,(H,22,25). The molecule has 28 heavy (non-hydrogen) atoms. The van der Waals surface area contributed by atoms with Crippen LogP contribution in [0.2, 0.25) is 0 Å². The molecule has 3 N–H and O–H groups in total. The number of nitrogens with zero attached hydrogens (tertiary/aromatic N) is 1. The fraction of sp³-hybridized carbons (Fsp3) is 0.250. The third-order valence-corrected chi connectivity index (χ3v) is 5.45. The molecule has 0 spiro atoms. The quantitative estimate of drug-likeness (QED) is 0.631. The lowest BCUT2D eigenvalue weighted by molar-refractivity contribution is 0.206. The largest absolute Gasteiger partial charge is 0.359 e. The Bertz CT molecular complexity index is 1170. The van der Waals surface area contributed by atoms with Crippen molar-refractivity contribution in [3.05, 3.63) is 59.3 Å². The summed E-state index contributed by atoms with van der Waals surface area (Å²) in [4.78, 5) is 17.7. The zero-order chi connectivity index (χ0) is 19.9. The van der Waals surface area contributed by atoms with Gasteiger partial charge in [-0.15, -0.1) is 0 Å². The van der Waals surface area contributed by atoms with Gasteiger partial charge in [0, 0.05) is 35.4 Å². The van der Waals surface area contributed by atoms with Crippen molar-refractivity contribution in [1.82, 2.24) is 9.88 Å². The van der Waals surface area contributed by atoms with Crippen LogP contribution in [0.4, 0.5) is 16.2 Å². The van der Waals surface area contributed by atoms with Crippen LogP contribution < -0.4 is 10.0 Å². The highest BCUT2D eigenvalue weighted by Crippen LogP contribution is 2.27. The number of benzene rings is 2. The predicted molar refractivity (Wildman–Crippen MR) is 111 cm³/mol. The molecular formula is C20H22N4O3S. The molecule has 0 saturated carbocycles. The van der Waals surface area contributed by atoms with Crippen LogP contribution in [0.15, 0.2) is 42.5 Å². The Morgan fingerprint density at radius 1 is 1.18 bits per heavy atom. The van der Waals surface area contributed by atoms with Gasteiger partial charge in [0.15, 0.2) is 0 Å². The van der Waals surface area contributed by atoms with Crippen LogP contribution in [0.3, 0.4) is 0 Å². The molecule has 1 aliphatic heterocycles. The minimum absolute atomic E-state index is 0.168. The van der Waals surface area contributed by atoms with Crippen LogP contribution in [0.1, 0.15) is 16.8 Å². The molecule has 1 aliphatic rings. The highest BCUT2D eigenvalue weighted by Gasteiger charge is 2.23. The first-order valence-corrected chi connectivity index (χ1v) is 10.9. The van der Waals surface area contributed by atoms with E-state index in [4.69, 9.17) is 0 Å². The third kappa shape index (κ3) is 3.82. The van der Waals surface area contributed by atoms with Crippen LogP contribution >= 0.6 is 0 Å². The highest BCUT2D eigenvalue weighted by molar-refractivity contribution is 7.92. The number of aromatic nitrogens is 1. The van der Waals surface area contributed by atoms with Crippen LogP contribution in [-0.2, 0) is 23.0 Å². The number of H-pyrrole nitrogens is 1. The number of carbonyl (C=O) groups is 1. The van der Waals surface area contributed by atoms with Crippen molar-refractivity contribution < 1.29 is 13.2 Å². The summed E-state index contributed by atoms with van der Waals surface area (Å²) in [6, 6.07) is 13.1. The molecule has 2 heterocycles. The first kappa shape index (κ1) is 18.4. The number of anilines is 2. The van der Waals surface area contributed by atoms with Crippen molar-refractivity contribution in [3.63, 3.8) is 0 Å². The van der Waals surface area contributed by atoms with Gasteiger partial charge in [-0.05, 0) is 54.8 Å². The van der Waals surface area contributed by atoms with Gasteiger partial charge in [0.1, 0.15) is 0 Å². The summed E-state index contributed by atoms with van der Waals surface area (Å²) >= 11 is 0. The minimum atomic E-state index is -3.34. The van der Waals surface area contributed by atoms with Crippen LogP contribution in [-0.4, -0.2) is 37.1 Å². The average Bonchev–Trinajstić information content (AvgIpc) is 2.99. The molecule has 2 aromatic carbocycles. The molecule has 146 valence electrons. The van der Waals surface area contributed by atoms with E-state index >= 15 is 0 Å². The number of hydrogen-bond donors (Lipinski definition) is 3.